The van der Waals surface area contributed by atoms with Gasteiger partial charge in [0, 0.05) is 90.2 Å². The first-order chi connectivity index (χ1) is 40.1. The summed E-state index contributed by atoms with van der Waals surface area (Å²) in [7, 11) is 0. The number of aromatic nitrogens is 4. The van der Waals surface area contributed by atoms with E-state index in [4.69, 9.17) is 18.9 Å². The third kappa shape index (κ3) is 20.5. The number of amides is 6. The first kappa shape index (κ1) is 63.8. The van der Waals surface area contributed by atoms with Gasteiger partial charge in [0.25, 0.3) is 5.91 Å². The van der Waals surface area contributed by atoms with Crippen LogP contribution < -0.4 is 20.9 Å². The second-order valence-electron chi connectivity index (χ2n) is 22.2. The van der Waals surface area contributed by atoms with Crippen LogP contribution in [0.1, 0.15) is 99.4 Å². The molecule has 3 fully saturated rings. The van der Waals surface area contributed by atoms with Gasteiger partial charge in [-0.2, -0.15) is 0 Å². The number of thiazole rings is 1. The molecule has 4 N–H and O–H groups in total. The minimum Gasteiger partial charge on any atom is -0.391 e. The molecule has 0 unspecified atom stereocenters. The average molecular weight is 1170 g/mol. The molecule has 3 aliphatic rings. The van der Waals surface area contributed by atoms with Crippen molar-refractivity contribution in [2.45, 2.75) is 104 Å². The van der Waals surface area contributed by atoms with Crippen molar-refractivity contribution in [1.82, 2.24) is 50.8 Å². The van der Waals surface area contributed by atoms with E-state index in [1.54, 1.807) is 35.9 Å². The number of hydrogen-bond acceptors (Lipinski definition) is 17. The molecule has 6 amide bonds. The first-order valence-electron chi connectivity index (χ1n) is 29.0. The maximum Gasteiger partial charge on any atom is 0.274 e. The summed E-state index contributed by atoms with van der Waals surface area (Å²) in [4.78, 5) is 95.3. The van der Waals surface area contributed by atoms with Gasteiger partial charge in [0.05, 0.1) is 81.5 Å². The molecule has 0 bridgehead atoms. The van der Waals surface area contributed by atoms with Crippen molar-refractivity contribution in [1.29, 1.82) is 0 Å². The highest BCUT2D eigenvalue weighted by Crippen LogP contribution is 2.29. The normalized spacial score (nSPS) is 17.2. The Morgan fingerprint density at radius 2 is 1.48 bits per heavy atom. The molecule has 7 rings (SSSR count). The molecule has 1 aromatic carbocycles. The molecule has 6 heterocycles. The van der Waals surface area contributed by atoms with E-state index in [2.05, 4.69) is 41.0 Å². The molecule has 0 spiro atoms. The van der Waals surface area contributed by atoms with E-state index in [0.29, 0.717) is 96.3 Å². The number of piperidine rings is 1. The zero-order valence-electron chi connectivity index (χ0n) is 48.5. The van der Waals surface area contributed by atoms with Crippen molar-refractivity contribution in [3.8, 4) is 10.4 Å². The lowest BCUT2D eigenvalue weighted by molar-refractivity contribution is -0.144. The molecule has 3 saturated heterocycles. The Labute approximate surface area is 491 Å². The number of aliphatic hydroxyl groups excluding tert-OH is 1. The molecule has 3 aromatic heterocycles. The Morgan fingerprint density at radius 3 is 2.11 bits per heavy atom. The van der Waals surface area contributed by atoms with E-state index in [-0.39, 0.29) is 81.7 Å². The third-order valence-corrected chi connectivity index (χ3v) is 15.9. The Bertz CT molecular complexity index is 2710. The number of anilines is 1. The number of β-amino-alcohol motifs (C(OH)–C–C–N with tert-alkyl or cyclic N) is 1. The molecule has 83 heavy (non-hydrogen) atoms. The van der Waals surface area contributed by atoms with Crippen LogP contribution in [0.5, 0.6) is 0 Å². The lowest BCUT2D eigenvalue weighted by atomic mass is 9.85. The molecule has 3 aliphatic heterocycles. The number of nitrogens with one attached hydrogen (secondary N) is 3. The second kappa shape index (κ2) is 32.9. The predicted octanol–water partition coefficient (Wildman–Crippen LogP) is 4.46. The maximum atomic E-state index is 14.0. The topological polar surface area (TPSA) is 260 Å². The van der Waals surface area contributed by atoms with Crippen LogP contribution in [0.4, 0.5) is 5.82 Å². The van der Waals surface area contributed by atoms with Crippen LogP contribution in [-0.4, -0.2) is 199 Å². The van der Waals surface area contributed by atoms with Crippen molar-refractivity contribution in [2.24, 2.45) is 11.3 Å². The number of nitrogens with zero attached hydrogens (tertiary/aromatic N) is 8. The molecule has 23 heteroatoms. The number of aliphatic hydroxyl groups is 1. The fraction of sp³-hybridized carbons (Fsp3) is 0.567. The van der Waals surface area contributed by atoms with Crippen LogP contribution in [0.3, 0.4) is 0 Å². The van der Waals surface area contributed by atoms with Gasteiger partial charge in [-0.05, 0) is 78.5 Å². The van der Waals surface area contributed by atoms with Gasteiger partial charge in [0.1, 0.15) is 12.1 Å². The van der Waals surface area contributed by atoms with Gasteiger partial charge in [-0.3, -0.25) is 33.8 Å². The summed E-state index contributed by atoms with van der Waals surface area (Å²) in [6.45, 7) is 14.3. The standard InChI is InChI=1S/C60H83N11O11S/c1-43-55(83-42-64-43)47-13-10-46(11-14-47)40-63-57(76)50-38-48(72)41-71(50)59(78)56(60(2,3)4)65-53(74)20-30-79-32-34-81-36-37-82-35-33-80-31-21-54(75)69-28-26-68(27-29-69)51-16-15-49(66-67-51)58(77)70-24-18-44(19-25-70)8-5-6-23-62-52(73)17-12-45-9-7-22-61-39-45/h7,9-17,22,39,42,44,48,50,56,72H,5-6,8,18-21,23-38,40-41H2,1-4H3,(H,62,73)(H,63,76)(H,65,74)/b17-12+/t48-,50+,56-/m1/s1. The number of rotatable bonds is 30. The maximum absolute atomic E-state index is 14.0. The monoisotopic (exact) mass is 1170 g/mol. The van der Waals surface area contributed by atoms with Crippen molar-refractivity contribution in [3.05, 3.63) is 95.0 Å². The lowest BCUT2D eigenvalue weighted by Crippen LogP contribution is -2.57. The van der Waals surface area contributed by atoms with E-state index in [9.17, 15) is 33.9 Å². The summed E-state index contributed by atoms with van der Waals surface area (Å²) in [5, 5.41) is 27.9. The van der Waals surface area contributed by atoms with Gasteiger partial charge < -0.3 is 59.6 Å². The fourth-order valence-electron chi connectivity index (χ4n) is 10.1. The van der Waals surface area contributed by atoms with Gasteiger partial charge in [0.15, 0.2) is 11.5 Å². The summed E-state index contributed by atoms with van der Waals surface area (Å²) in [6.07, 6.45) is 11.1. The van der Waals surface area contributed by atoms with Crippen LogP contribution in [0.25, 0.3) is 16.5 Å². The van der Waals surface area contributed by atoms with Gasteiger partial charge in [-0.15, -0.1) is 21.5 Å². The number of piperazine rings is 1. The zero-order chi connectivity index (χ0) is 59.0. The molecule has 22 nitrogen and oxygen atoms in total. The number of ether oxygens (including phenoxy) is 4. The Hall–Kier alpha value is -6.76. The number of benzene rings is 1. The molecule has 0 radical (unpaired) electrons. The van der Waals surface area contributed by atoms with Gasteiger partial charge in [-0.1, -0.05) is 63.9 Å². The lowest BCUT2D eigenvalue weighted by Gasteiger charge is -2.35. The van der Waals surface area contributed by atoms with E-state index >= 15 is 0 Å². The minimum atomic E-state index is -0.941. The van der Waals surface area contributed by atoms with Gasteiger partial charge in [-0.25, -0.2) is 4.98 Å². The predicted molar refractivity (Wildman–Crippen MR) is 314 cm³/mol. The van der Waals surface area contributed by atoms with Crippen molar-refractivity contribution < 1.29 is 52.8 Å². The highest BCUT2D eigenvalue weighted by molar-refractivity contribution is 7.13. The largest absolute Gasteiger partial charge is 0.391 e. The average Bonchev–Trinajstić information content (AvgIpc) is 4.35. The quantitative estimate of drug-likeness (QED) is 0.0415. The first-order valence-corrected chi connectivity index (χ1v) is 29.9. The van der Waals surface area contributed by atoms with Crippen LogP contribution in [0.2, 0.25) is 0 Å². The van der Waals surface area contributed by atoms with Crippen molar-refractivity contribution >= 4 is 58.7 Å². The molecule has 4 aromatic rings. The molecule has 450 valence electrons. The van der Waals surface area contributed by atoms with Crippen LogP contribution in [0, 0.1) is 18.3 Å². The molecule has 0 saturated carbocycles. The van der Waals surface area contributed by atoms with Crippen molar-refractivity contribution in [3.63, 3.8) is 0 Å². The number of hydrogen-bond donors (Lipinski definition) is 4. The SMILES string of the molecule is Cc1ncsc1-c1ccc(CNC(=O)[C@@H]2C[C@@H](O)CN2C(=O)[C@@H](NC(=O)CCOCCOCCOCCOCCC(=O)N2CCN(c3ccc(C(=O)N4CCC(CCCCNC(=O)/C=C/c5cccnc5)CC4)nn3)CC2)C(C)(C)C)cc1. The third-order valence-electron chi connectivity index (χ3n) is 14.9. The Balaban J connectivity index is 0.663. The van der Waals surface area contributed by atoms with Crippen LogP contribution in [-0.2, 0) is 49.5 Å². The number of pyridine rings is 1. The fourth-order valence-corrected chi connectivity index (χ4v) is 10.9. The van der Waals surface area contributed by atoms with E-state index in [1.807, 2.05) is 85.5 Å². The van der Waals surface area contributed by atoms with E-state index in [0.717, 1.165) is 59.4 Å². The zero-order valence-corrected chi connectivity index (χ0v) is 49.3. The second-order valence-corrected chi connectivity index (χ2v) is 23.0. The number of unbranched alkanes of at least 4 members (excludes halogenated alkanes) is 1. The van der Waals surface area contributed by atoms with Crippen LogP contribution >= 0.6 is 11.3 Å². The van der Waals surface area contributed by atoms with Crippen molar-refractivity contribution in [2.75, 3.05) is 110 Å². The van der Waals surface area contributed by atoms with Crippen LogP contribution in [0.15, 0.2) is 72.5 Å². The number of aryl methyl sites for hydroxylation is 1. The number of carbonyl (C=O) groups excluding carboxylic acids is 6. The highest BCUT2D eigenvalue weighted by atomic mass is 32.1. The van der Waals surface area contributed by atoms with E-state index in [1.165, 1.54) is 11.0 Å². The summed E-state index contributed by atoms with van der Waals surface area (Å²) in [6, 6.07) is 13.3. The van der Waals surface area contributed by atoms with E-state index < -0.39 is 29.5 Å². The highest BCUT2D eigenvalue weighted by Gasteiger charge is 2.44. The Morgan fingerprint density at radius 1 is 0.795 bits per heavy atom. The van der Waals surface area contributed by atoms with Gasteiger partial charge in [0.2, 0.25) is 29.5 Å². The molecular formula is C60H83N11O11S. The summed E-state index contributed by atoms with van der Waals surface area (Å²) in [5.74, 6) is -0.158. The van der Waals surface area contributed by atoms with Gasteiger partial charge >= 0.3 is 0 Å². The minimum absolute atomic E-state index is 0.0129. The molecule has 3 atom stereocenters. The molecular weight excluding hydrogens is 1080 g/mol. The Kier molecular flexibility index (Phi) is 25.3. The number of carbonyl (C=O) groups is 6. The summed E-state index contributed by atoms with van der Waals surface area (Å²) < 4.78 is 22.5. The molecule has 0 aliphatic carbocycles. The summed E-state index contributed by atoms with van der Waals surface area (Å²) >= 11 is 1.57. The summed E-state index contributed by atoms with van der Waals surface area (Å²) in [5.41, 5.74) is 5.23. The smallest absolute Gasteiger partial charge is 0.274 e. The number of likely N-dealkylation sites (tertiary alicyclic amines) is 2.